The quantitative estimate of drug-likeness (QED) is 0.329. The van der Waals surface area contributed by atoms with Crippen LogP contribution in [0.3, 0.4) is 0 Å². The molecule has 3 rings (SSSR count). The van der Waals surface area contributed by atoms with Crippen LogP contribution in [0.1, 0.15) is 12.5 Å². The largest absolute Gasteiger partial charge is 0.427 e. The van der Waals surface area contributed by atoms with Gasteiger partial charge in [-0.15, -0.1) is 0 Å². The molecule has 3 aromatic rings. The Morgan fingerprint density at radius 1 is 0.828 bits per heavy atom. The van der Waals surface area contributed by atoms with Crippen LogP contribution in [0, 0.1) is 40.4 Å². The SMILES string of the molecule is CC(=O)Oc1ccc(-c2cc(F)c(-c3cc(F)c(C#N)c(F)c3)c(F)c2)c(F)c1. The number of halogens is 5. The molecule has 0 N–H and O–H groups in total. The van der Waals surface area contributed by atoms with Crippen LogP contribution in [0.5, 0.6) is 5.75 Å². The fourth-order valence-electron chi connectivity index (χ4n) is 2.79. The van der Waals surface area contributed by atoms with Gasteiger partial charge >= 0.3 is 5.97 Å². The lowest BCUT2D eigenvalue weighted by molar-refractivity contribution is -0.131. The van der Waals surface area contributed by atoms with Gasteiger partial charge in [-0.25, -0.2) is 22.0 Å². The van der Waals surface area contributed by atoms with Crippen LogP contribution < -0.4 is 4.74 Å². The van der Waals surface area contributed by atoms with E-state index in [-0.39, 0.29) is 16.9 Å². The molecule has 0 atom stereocenters. The Balaban J connectivity index is 2.08. The zero-order valence-electron chi connectivity index (χ0n) is 14.7. The number of carbonyl (C=O) groups is 1. The molecule has 0 fully saturated rings. The zero-order chi connectivity index (χ0) is 21.3. The molecule has 0 radical (unpaired) electrons. The lowest BCUT2D eigenvalue weighted by Gasteiger charge is -2.11. The van der Waals surface area contributed by atoms with E-state index in [0.29, 0.717) is 12.1 Å². The number of carbonyl (C=O) groups excluding carboxylic acids is 1. The van der Waals surface area contributed by atoms with Crippen molar-refractivity contribution in [3.63, 3.8) is 0 Å². The van der Waals surface area contributed by atoms with Crippen molar-refractivity contribution in [2.75, 3.05) is 0 Å². The molecule has 0 aliphatic rings. The summed E-state index contributed by atoms with van der Waals surface area (Å²) in [6.45, 7) is 1.13. The summed E-state index contributed by atoms with van der Waals surface area (Å²) in [7, 11) is 0. The Morgan fingerprint density at radius 3 is 1.86 bits per heavy atom. The maximum Gasteiger partial charge on any atom is 0.308 e. The first-order valence-electron chi connectivity index (χ1n) is 8.08. The average molecular weight is 403 g/mol. The first-order chi connectivity index (χ1) is 13.7. The third kappa shape index (κ3) is 3.94. The fraction of sp³-hybridized carbons (Fsp3) is 0.0476. The Hall–Kier alpha value is -3.73. The van der Waals surface area contributed by atoms with Crippen molar-refractivity contribution in [3.05, 3.63) is 77.1 Å². The van der Waals surface area contributed by atoms with Gasteiger partial charge in [0.15, 0.2) is 0 Å². The summed E-state index contributed by atoms with van der Waals surface area (Å²) in [4.78, 5) is 10.9. The molecule has 0 aromatic heterocycles. The molecule has 0 spiro atoms. The third-order valence-corrected chi connectivity index (χ3v) is 4.00. The molecule has 0 heterocycles. The molecular formula is C21H10F5NO2. The van der Waals surface area contributed by atoms with Crippen LogP contribution in [0.25, 0.3) is 22.3 Å². The second-order valence-electron chi connectivity index (χ2n) is 5.98. The molecular weight excluding hydrogens is 393 g/mol. The standard InChI is InChI=1S/C21H10F5NO2/c1-10(28)29-13-2-3-14(18(24)8-13)11-4-19(25)21(20(26)5-11)12-6-16(22)15(9-27)17(23)7-12/h2-8H,1H3. The maximum absolute atomic E-state index is 14.6. The van der Waals surface area contributed by atoms with Gasteiger partial charge in [-0.05, 0) is 47.5 Å². The lowest BCUT2D eigenvalue weighted by atomic mass is 9.97. The van der Waals surface area contributed by atoms with Crippen LogP contribution in [0.4, 0.5) is 22.0 Å². The Morgan fingerprint density at radius 2 is 1.38 bits per heavy atom. The number of hydrogen-bond acceptors (Lipinski definition) is 3. The van der Waals surface area contributed by atoms with Gasteiger partial charge < -0.3 is 4.74 Å². The summed E-state index contributed by atoms with van der Waals surface area (Å²) in [6, 6.07) is 7.49. The molecule has 0 amide bonds. The molecule has 3 aromatic carbocycles. The Bertz CT molecular complexity index is 1140. The van der Waals surface area contributed by atoms with Crippen molar-refractivity contribution < 1.29 is 31.5 Å². The van der Waals surface area contributed by atoms with Crippen LogP contribution >= 0.6 is 0 Å². The summed E-state index contributed by atoms with van der Waals surface area (Å²) in [5.74, 6) is -6.56. The number of rotatable bonds is 3. The maximum atomic E-state index is 14.6. The van der Waals surface area contributed by atoms with Gasteiger partial charge in [0.25, 0.3) is 0 Å². The predicted octanol–water partition coefficient (Wildman–Crippen LogP) is 5.51. The normalized spacial score (nSPS) is 10.5. The third-order valence-electron chi connectivity index (χ3n) is 4.00. The van der Waals surface area contributed by atoms with Crippen LogP contribution in [-0.4, -0.2) is 5.97 Å². The number of nitrogens with zero attached hydrogens (tertiary/aromatic N) is 1. The lowest BCUT2D eigenvalue weighted by Crippen LogP contribution is -2.02. The second-order valence-corrected chi connectivity index (χ2v) is 5.98. The highest BCUT2D eigenvalue weighted by molar-refractivity contribution is 5.74. The number of hydrogen-bond donors (Lipinski definition) is 0. The van der Waals surface area contributed by atoms with Gasteiger partial charge in [0.2, 0.25) is 0 Å². The summed E-state index contributed by atoms with van der Waals surface area (Å²) >= 11 is 0. The van der Waals surface area contributed by atoms with E-state index in [2.05, 4.69) is 0 Å². The van der Waals surface area contributed by atoms with Crippen LogP contribution in [0.2, 0.25) is 0 Å². The van der Waals surface area contributed by atoms with E-state index in [4.69, 9.17) is 10.00 Å². The Labute approximate surface area is 161 Å². The van der Waals surface area contributed by atoms with Gasteiger partial charge in [-0.1, -0.05) is 0 Å². The first-order valence-corrected chi connectivity index (χ1v) is 8.08. The zero-order valence-corrected chi connectivity index (χ0v) is 14.7. The van der Waals surface area contributed by atoms with Gasteiger partial charge in [0, 0.05) is 18.6 Å². The highest BCUT2D eigenvalue weighted by Crippen LogP contribution is 2.34. The van der Waals surface area contributed by atoms with Gasteiger partial charge in [-0.2, -0.15) is 5.26 Å². The number of ether oxygens (including phenoxy) is 1. The van der Waals surface area contributed by atoms with Gasteiger partial charge in [0.05, 0.1) is 5.56 Å². The highest BCUT2D eigenvalue weighted by Gasteiger charge is 2.19. The topological polar surface area (TPSA) is 50.1 Å². The predicted molar refractivity (Wildman–Crippen MR) is 93.1 cm³/mol. The summed E-state index contributed by atoms with van der Waals surface area (Å²) in [6.07, 6.45) is 0. The van der Waals surface area contributed by atoms with Crippen LogP contribution in [0.15, 0.2) is 42.5 Å². The molecule has 8 heteroatoms. The average Bonchev–Trinajstić information content (AvgIpc) is 2.60. The van der Waals surface area contributed by atoms with Gasteiger partial charge in [0.1, 0.15) is 46.5 Å². The molecule has 0 aliphatic heterocycles. The summed E-state index contributed by atoms with van der Waals surface area (Å²) in [5.41, 5.74) is -2.41. The number of nitriles is 1. The summed E-state index contributed by atoms with van der Waals surface area (Å²) < 4.78 is 75.8. The minimum Gasteiger partial charge on any atom is -0.427 e. The first kappa shape index (κ1) is 20.0. The minimum absolute atomic E-state index is 0.0835. The molecule has 0 saturated heterocycles. The fourth-order valence-corrected chi connectivity index (χ4v) is 2.79. The van der Waals surface area contributed by atoms with Crippen molar-refractivity contribution in [2.45, 2.75) is 6.92 Å². The minimum atomic E-state index is -1.27. The Kier molecular flexibility index (Phi) is 5.33. The van der Waals surface area contributed by atoms with E-state index in [1.54, 1.807) is 0 Å². The molecule has 0 bridgehead atoms. The number of benzene rings is 3. The molecule has 0 aliphatic carbocycles. The molecule has 3 nitrogen and oxygen atoms in total. The molecule has 0 saturated carbocycles. The van der Waals surface area contributed by atoms with E-state index in [0.717, 1.165) is 25.1 Å². The molecule has 146 valence electrons. The van der Waals surface area contributed by atoms with Crippen molar-refractivity contribution in [3.8, 4) is 34.1 Å². The van der Waals surface area contributed by atoms with Crippen molar-refractivity contribution in [1.82, 2.24) is 0 Å². The van der Waals surface area contributed by atoms with E-state index in [9.17, 15) is 26.7 Å². The highest BCUT2D eigenvalue weighted by atomic mass is 19.1. The van der Waals surface area contributed by atoms with Crippen molar-refractivity contribution in [1.29, 1.82) is 5.26 Å². The van der Waals surface area contributed by atoms with E-state index in [1.807, 2.05) is 0 Å². The van der Waals surface area contributed by atoms with Crippen molar-refractivity contribution >= 4 is 5.97 Å². The van der Waals surface area contributed by atoms with E-state index in [1.165, 1.54) is 18.2 Å². The monoisotopic (exact) mass is 403 g/mol. The smallest absolute Gasteiger partial charge is 0.308 e. The molecule has 29 heavy (non-hydrogen) atoms. The van der Waals surface area contributed by atoms with Gasteiger partial charge in [-0.3, -0.25) is 4.79 Å². The van der Waals surface area contributed by atoms with Crippen molar-refractivity contribution in [2.24, 2.45) is 0 Å². The van der Waals surface area contributed by atoms with Crippen LogP contribution in [-0.2, 0) is 4.79 Å². The number of esters is 1. The van der Waals surface area contributed by atoms with E-state index < -0.39 is 51.7 Å². The molecule has 0 unspecified atom stereocenters. The second kappa shape index (κ2) is 7.72. The summed E-state index contributed by atoms with van der Waals surface area (Å²) in [5, 5.41) is 8.68. The van der Waals surface area contributed by atoms with E-state index >= 15 is 0 Å².